The van der Waals surface area contributed by atoms with E-state index >= 15 is 0 Å². The largest absolute Gasteiger partial charge is 0.508 e. The molecule has 23 heavy (non-hydrogen) atoms. The average Bonchev–Trinajstić information content (AvgIpc) is 2.55. The van der Waals surface area contributed by atoms with Crippen molar-refractivity contribution in [3.63, 3.8) is 0 Å². The van der Waals surface area contributed by atoms with E-state index in [0.717, 1.165) is 17.5 Å². The molecule has 0 radical (unpaired) electrons. The van der Waals surface area contributed by atoms with Crippen LogP contribution in [0.1, 0.15) is 17.5 Å². The summed E-state index contributed by atoms with van der Waals surface area (Å²) in [6.45, 7) is 0.578. The van der Waals surface area contributed by atoms with E-state index in [1.54, 1.807) is 19.2 Å². The van der Waals surface area contributed by atoms with E-state index in [0.29, 0.717) is 30.8 Å². The van der Waals surface area contributed by atoms with E-state index in [1.165, 1.54) is 0 Å². The van der Waals surface area contributed by atoms with Gasteiger partial charge in [0.2, 0.25) is 5.91 Å². The molecule has 0 aliphatic carbocycles. The first-order chi connectivity index (χ1) is 11.1. The highest BCUT2D eigenvalue weighted by atomic mass is 16.5. The van der Waals surface area contributed by atoms with Crippen LogP contribution >= 0.6 is 0 Å². The molecule has 0 unspecified atom stereocenters. The molecular weight excluding hydrogens is 292 g/mol. The molecule has 2 aromatic carbocycles. The Hall–Kier alpha value is -2.69. The molecule has 0 aromatic heterocycles. The summed E-state index contributed by atoms with van der Waals surface area (Å²) in [7, 11) is 1.58. The van der Waals surface area contributed by atoms with Crippen LogP contribution in [-0.2, 0) is 17.6 Å². The van der Waals surface area contributed by atoms with Gasteiger partial charge in [0.25, 0.3) is 0 Å². The predicted octanol–water partition coefficient (Wildman–Crippen LogP) is 2.27. The number of carbonyl (C=O) groups excluding carboxylic acids is 1. The van der Waals surface area contributed by atoms with Gasteiger partial charge in [-0.25, -0.2) is 0 Å². The van der Waals surface area contributed by atoms with E-state index in [1.807, 2.05) is 30.3 Å². The summed E-state index contributed by atoms with van der Waals surface area (Å²) in [5.41, 5.74) is 8.52. The monoisotopic (exact) mass is 314 g/mol. The highest BCUT2D eigenvalue weighted by molar-refractivity contribution is 5.76. The van der Waals surface area contributed by atoms with Crippen LogP contribution in [0.25, 0.3) is 0 Å². The molecule has 5 heteroatoms. The second-order valence-corrected chi connectivity index (χ2v) is 5.34. The number of phenols is 1. The number of nitrogens with one attached hydrogen (secondary N) is 1. The van der Waals surface area contributed by atoms with Crippen LogP contribution in [0, 0.1) is 0 Å². The molecule has 0 aliphatic rings. The number of methoxy groups -OCH3 is 1. The van der Waals surface area contributed by atoms with Crippen molar-refractivity contribution in [1.82, 2.24) is 5.32 Å². The molecule has 0 atom stereocenters. The SMILES string of the molecule is COc1ccc(CCC(=O)NCCc2ccc(O)cc2)cc1N. The zero-order chi connectivity index (χ0) is 16.7. The molecule has 0 spiro atoms. The van der Waals surface area contributed by atoms with Gasteiger partial charge in [0.1, 0.15) is 11.5 Å². The van der Waals surface area contributed by atoms with E-state index in [4.69, 9.17) is 10.5 Å². The summed E-state index contributed by atoms with van der Waals surface area (Å²) in [5, 5.41) is 12.1. The van der Waals surface area contributed by atoms with Gasteiger partial charge >= 0.3 is 0 Å². The lowest BCUT2D eigenvalue weighted by Crippen LogP contribution is -2.25. The molecule has 4 N–H and O–H groups in total. The van der Waals surface area contributed by atoms with Gasteiger partial charge in [0, 0.05) is 13.0 Å². The predicted molar refractivity (Wildman–Crippen MR) is 90.5 cm³/mol. The van der Waals surface area contributed by atoms with Crippen LogP contribution < -0.4 is 15.8 Å². The number of aryl methyl sites for hydroxylation is 1. The summed E-state index contributed by atoms with van der Waals surface area (Å²) in [6, 6.07) is 12.6. The van der Waals surface area contributed by atoms with E-state index in [2.05, 4.69) is 5.32 Å². The normalized spacial score (nSPS) is 10.3. The smallest absolute Gasteiger partial charge is 0.220 e. The Balaban J connectivity index is 1.72. The first-order valence-corrected chi connectivity index (χ1v) is 7.55. The third-order valence-electron chi connectivity index (χ3n) is 3.61. The molecule has 0 saturated heterocycles. The lowest BCUT2D eigenvalue weighted by Gasteiger charge is -2.08. The Morgan fingerprint density at radius 3 is 2.48 bits per heavy atom. The summed E-state index contributed by atoms with van der Waals surface area (Å²) in [6.07, 6.45) is 1.79. The molecule has 5 nitrogen and oxygen atoms in total. The summed E-state index contributed by atoms with van der Waals surface area (Å²) >= 11 is 0. The van der Waals surface area contributed by atoms with E-state index in [-0.39, 0.29) is 11.7 Å². The highest BCUT2D eigenvalue weighted by Gasteiger charge is 2.05. The van der Waals surface area contributed by atoms with Crippen molar-refractivity contribution in [3.05, 3.63) is 53.6 Å². The molecule has 0 bridgehead atoms. The van der Waals surface area contributed by atoms with Gasteiger partial charge in [0.15, 0.2) is 0 Å². The fourth-order valence-corrected chi connectivity index (χ4v) is 2.29. The molecule has 0 aliphatic heterocycles. The Morgan fingerprint density at radius 1 is 1.13 bits per heavy atom. The first-order valence-electron chi connectivity index (χ1n) is 7.55. The van der Waals surface area contributed by atoms with Gasteiger partial charge in [-0.2, -0.15) is 0 Å². The lowest BCUT2D eigenvalue weighted by atomic mass is 10.1. The van der Waals surface area contributed by atoms with Crippen LogP contribution in [0.15, 0.2) is 42.5 Å². The van der Waals surface area contributed by atoms with Crippen molar-refractivity contribution < 1.29 is 14.6 Å². The van der Waals surface area contributed by atoms with Crippen molar-refractivity contribution in [3.8, 4) is 11.5 Å². The van der Waals surface area contributed by atoms with E-state index < -0.39 is 0 Å². The molecule has 0 saturated carbocycles. The number of hydrogen-bond donors (Lipinski definition) is 3. The van der Waals surface area contributed by atoms with E-state index in [9.17, 15) is 9.90 Å². The molecular formula is C18H22N2O3. The maximum Gasteiger partial charge on any atom is 0.220 e. The maximum atomic E-state index is 11.9. The van der Waals surface area contributed by atoms with Gasteiger partial charge in [-0.05, 0) is 48.2 Å². The number of amides is 1. The number of ether oxygens (including phenoxy) is 1. The average molecular weight is 314 g/mol. The van der Waals surface area contributed by atoms with Crippen molar-refractivity contribution >= 4 is 11.6 Å². The molecule has 122 valence electrons. The topological polar surface area (TPSA) is 84.6 Å². The number of nitrogens with two attached hydrogens (primary N) is 1. The molecule has 2 rings (SSSR count). The van der Waals surface area contributed by atoms with Crippen LogP contribution in [0.3, 0.4) is 0 Å². The van der Waals surface area contributed by atoms with Crippen LogP contribution in [0.5, 0.6) is 11.5 Å². The fourth-order valence-electron chi connectivity index (χ4n) is 2.29. The second-order valence-electron chi connectivity index (χ2n) is 5.34. The number of hydrogen-bond acceptors (Lipinski definition) is 4. The van der Waals surface area contributed by atoms with Crippen LogP contribution in [0.2, 0.25) is 0 Å². The summed E-state index contributed by atoms with van der Waals surface area (Å²) in [5.74, 6) is 0.904. The van der Waals surface area contributed by atoms with Crippen molar-refractivity contribution in [2.75, 3.05) is 19.4 Å². The molecule has 0 fully saturated rings. The minimum Gasteiger partial charge on any atom is -0.508 e. The number of aromatic hydroxyl groups is 1. The van der Waals surface area contributed by atoms with Gasteiger partial charge in [-0.15, -0.1) is 0 Å². The number of rotatable bonds is 7. The quantitative estimate of drug-likeness (QED) is 0.685. The molecule has 0 heterocycles. The van der Waals surface area contributed by atoms with Crippen molar-refractivity contribution in [2.45, 2.75) is 19.3 Å². The van der Waals surface area contributed by atoms with Crippen LogP contribution in [-0.4, -0.2) is 24.7 Å². The number of anilines is 1. The van der Waals surface area contributed by atoms with Gasteiger partial charge in [-0.3, -0.25) is 4.79 Å². The maximum absolute atomic E-state index is 11.9. The van der Waals surface area contributed by atoms with Crippen molar-refractivity contribution in [2.24, 2.45) is 0 Å². The summed E-state index contributed by atoms with van der Waals surface area (Å²) < 4.78 is 5.11. The second kappa shape index (κ2) is 8.08. The molecule has 1 amide bonds. The third kappa shape index (κ3) is 5.21. The standard InChI is InChI=1S/C18H22N2O3/c1-23-17-8-4-14(12-16(17)19)5-9-18(22)20-11-10-13-2-6-15(21)7-3-13/h2-4,6-8,12,21H,5,9-11,19H2,1H3,(H,20,22). The van der Waals surface area contributed by atoms with Gasteiger partial charge in [-0.1, -0.05) is 18.2 Å². The Morgan fingerprint density at radius 2 is 1.83 bits per heavy atom. The fraction of sp³-hybridized carbons (Fsp3) is 0.278. The molecule has 2 aromatic rings. The van der Waals surface area contributed by atoms with Gasteiger partial charge < -0.3 is 20.9 Å². The summed E-state index contributed by atoms with van der Waals surface area (Å²) in [4.78, 5) is 11.9. The Labute approximate surface area is 136 Å². The number of benzene rings is 2. The Bertz CT molecular complexity index is 654. The third-order valence-corrected chi connectivity index (χ3v) is 3.61. The Kier molecular flexibility index (Phi) is 5.86. The lowest BCUT2D eigenvalue weighted by molar-refractivity contribution is -0.121. The number of phenolic OH excluding ortho intramolecular Hbond substituents is 1. The van der Waals surface area contributed by atoms with Gasteiger partial charge in [0.05, 0.1) is 12.8 Å². The number of nitrogen functional groups attached to an aromatic ring is 1. The zero-order valence-electron chi connectivity index (χ0n) is 13.2. The van der Waals surface area contributed by atoms with Crippen molar-refractivity contribution in [1.29, 1.82) is 0 Å². The highest BCUT2D eigenvalue weighted by Crippen LogP contribution is 2.22. The number of carbonyl (C=O) groups is 1. The van der Waals surface area contributed by atoms with Crippen LogP contribution in [0.4, 0.5) is 5.69 Å². The first kappa shape index (κ1) is 16.7. The minimum atomic E-state index is 0.0122. The zero-order valence-corrected chi connectivity index (χ0v) is 13.2. The minimum absolute atomic E-state index is 0.0122.